The second-order valence-corrected chi connectivity index (χ2v) is 9.25. The number of aromatic carboxylic acids is 1. The van der Waals surface area contributed by atoms with E-state index in [1.807, 2.05) is 6.07 Å². The van der Waals surface area contributed by atoms with Gasteiger partial charge >= 0.3 is 5.97 Å². The second kappa shape index (κ2) is 9.19. The van der Waals surface area contributed by atoms with Gasteiger partial charge in [-0.3, -0.25) is 9.59 Å². The minimum atomic E-state index is -1.26. The SMILES string of the molecule is CNC(=O)c1cccc(-c2ccc3c(C(C(N)=O)c4c(C)[nH]c5c(F)ccc(C)c45)c(C(=O)O)[nH]c3c2)c1. The van der Waals surface area contributed by atoms with Crippen LogP contribution in [0.5, 0.6) is 0 Å². The molecule has 0 aliphatic rings. The lowest BCUT2D eigenvalue weighted by molar-refractivity contribution is -0.118. The maximum atomic E-state index is 14.7. The topological polar surface area (TPSA) is 141 Å². The van der Waals surface area contributed by atoms with Gasteiger partial charge in [0.15, 0.2) is 0 Å². The van der Waals surface area contributed by atoms with Gasteiger partial charge < -0.3 is 26.1 Å². The molecule has 38 heavy (non-hydrogen) atoms. The Morgan fingerprint density at radius 1 is 0.974 bits per heavy atom. The summed E-state index contributed by atoms with van der Waals surface area (Å²) in [5.74, 6) is -3.89. The first-order valence-electron chi connectivity index (χ1n) is 11.9. The molecular formula is C29H25FN4O4. The van der Waals surface area contributed by atoms with E-state index in [0.29, 0.717) is 33.1 Å². The average Bonchev–Trinajstić information content (AvgIpc) is 3.45. The number of carbonyl (C=O) groups excluding carboxylic acids is 2. The Hall–Kier alpha value is -4.92. The molecule has 8 nitrogen and oxygen atoms in total. The lowest BCUT2D eigenvalue weighted by Gasteiger charge is -2.16. The van der Waals surface area contributed by atoms with Crippen LogP contribution in [0.4, 0.5) is 4.39 Å². The third-order valence-electron chi connectivity index (χ3n) is 6.95. The van der Waals surface area contributed by atoms with Gasteiger partial charge in [0.2, 0.25) is 5.91 Å². The van der Waals surface area contributed by atoms with Gasteiger partial charge in [0.05, 0.1) is 11.4 Å². The minimum absolute atomic E-state index is 0.178. The number of aromatic amines is 2. The number of halogens is 1. The van der Waals surface area contributed by atoms with Crippen molar-refractivity contribution >= 4 is 39.6 Å². The van der Waals surface area contributed by atoms with Crippen molar-refractivity contribution in [2.24, 2.45) is 5.73 Å². The first-order chi connectivity index (χ1) is 18.1. The molecule has 2 aromatic heterocycles. The molecule has 5 rings (SSSR count). The molecule has 0 bridgehead atoms. The summed E-state index contributed by atoms with van der Waals surface area (Å²) in [5.41, 5.74) is 10.3. The molecule has 1 atom stereocenters. The van der Waals surface area contributed by atoms with Crippen molar-refractivity contribution in [2.75, 3.05) is 7.05 Å². The molecule has 0 saturated heterocycles. The molecule has 1 unspecified atom stereocenters. The molecule has 2 heterocycles. The molecule has 0 saturated carbocycles. The first kappa shape index (κ1) is 24.8. The van der Waals surface area contributed by atoms with E-state index in [1.54, 1.807) is 63.4 Å². The van der Waals surface area contributed by atoms with Crippen molar-refractivity contribution in [3.63, 3.8) is 0 Å². The van der Waals surface area contributed by atoms with Gasteiger partial charge in [-0.25, -0.2) is 9.18 Å². The van der Waals surface area contributed by atoms with Gasteiger partial charge in [0.25, 0.3) is 5.91 Å². The van der Waals surface area contributed by atoms with E-state index in [4.69, 9.17) is 5.73 Å². The quantitative estimate of drug-likeness (QED) is 0.224. The highest BCUT2D eigenvalue weighted by Crippen LogP contribution is 2.41. The smallest absolute Gasteiger partial charge is 0.352 e. The summed E-state index contributed by atoms with van der Waals surface area (Å²) >= 11 is 0. The number of amides is 2. The molecule has 0 aliphatic heterocycles. The average molecular weight is 513 g/mol. The van der Waals surface area contributed by atoms with E-state index in [2.05, 4.69) is 15.3 Å². The summed E-state index contributed by atoms with van der Waals surface area (Å²) in [7, 11) is 1.55. The fourth-order valence-corrected chi connectivity index (χ4v) is 5.23. The van der Waals surface area contributed by atoms with Crippen molar-refractivity contribution in [1.29, 1.82) is 0 Å². The van der Waals surface area contributed by atoms with Crippen LogP contribution in [0.1, 0.15) is 49.1 Å². The van der Waals surface area contributed by atoms with Crippen LogP contribution in [0.15, 0.2) is 54.6 Å². The molecule has 9 heteroatoms. The lowest BCUT2D eigenvalue weighted by Crippen LogP contribution is -2.24. The fraction of sp³-hybridized carbons (Fsp3) is 0.138. The number of rotatable bonds is 6. The molecule has 192 valence electrons. The monoisotopic (exact) mass is 512 g/mol. The molecular weight excluding hydrogens is 487 g/mol. The van der Waals surface area contributed by atoms with Crippen molar-refractivity contribution in [3.05, 3.63) is 94.1 Å². The number of fused-ring (bicyclic) bond motifs is 2. The van der Waals surface area contributed by atoms with E-state index >= 15 is 0 Å². The van der Waals surface area contributed by atoms with E-state index in [0.717, 1.165) is 16.7 Å². The maximum absolute atomic E-state index is 14.7. The number of hydrogen-bond donors (Lipinski definition) is 5. The maximum Gasteiger partial charge on any atom is 0.352 e. The third kappa shape index (κ3) is 3.88. The van der Waals surface area contributed by atoms with Crippen LogP contribution < -0.4 is 11.1 Å². The summed E-state index contributed by atoms with van der Waals surface area (Å²) in [6.45, 7) is 3.50. The van der Waals surface area contributed by atoms with E-state index in [-0.39, 0.29) is 22.7 Å². The fourth-order valence-electron chi connectivity index (χ4n) is 5.23. The van der Waals surface area contributed by atoms with E-state index in [1.165, 1.54) is 6.07 Å². The van der Waals surface area contributed by atoms with Crippen molar-refractivity contribution in [1.82, 2.24) is 15.3 Å². The van der Waals surface area contributed by atoms with Gasteiger partial charge in [-0.2, -0.15) is 0 Å². The van der Waals surface area contributed by atoms with Crippen LogP contribution in [0.3, 0.4) is 0 Å². The Kier molecular flexibility index (Phi) is 5.99. The minimum Gasteiger partial charge on any atom is -0.477 e. The number of carbonyl (C=O) groups is 3. The number of primary amides is 1. The number of aromatic nitrogens is 2. The van der Waals surface area contributed by atoms with Crippen LogP contribution >= 0.6 is 0 Å². The summed E-state index contributed by atoms with van der Waals surface area (Å²) in [4.78, 5) is 43.4. The van der Waals surface area contributed by atoms with Crippen molar-refractivity contribution in [2.45, 2.75) is 19.8 Å². The van der Waals surface area contributed by atoms with Crippen LogP contribution in [0.25, 0.3) is 32.9 Å². The zero-order valence-electron chi connectivity index (χ0n) is 20.9. The van der Waals surface area contributed by atoms with E-state index < -0.39 is 23.6 Å². The van der Waals surface area contributed by atoms with Gasteiger partial charge in [-0.05, 0) is 60.4 Å². The highest BCUT2D eigenvalue weighted by atomic mass is 19.1. The summed E-state index contributed by atoms with van der Waals surface area (Å²) < 4.78 is 14.7. The second-order valence-electron chi connectivity index (χ2n) is 9.25. The number of carboxylic acid groups (broad SMARTS) is 1. The number of hydrogen-bond acceptors (Lipinski definition) is 3. The number of aryl methyl sites for hydroxylation is 2. The number of nitrogens with one attached hydrogen (secondary N) is 3. The molecule has 0 radical (unpaired) electrons. The Balaban J connectivity index is 1.75. The van der Waals surface area contributed by atoms with Crippen LogP contribution in [0.2, 0.25) is 0 Å². The lowest BCUT2D eigenvalue weighted by atomic mass is 9.85. The molecule has 0 aliphatic carbocycles. The van der Waals surface area contributed by atoms with Crippen molar-refractivity contribution in [3.8, 4) is 11.1 Å². The number of benzene rings is 3. The van der Waals surface area contributed by atoms with Crippen molar-refractivity contribution < 1.29 is 23.9 Å². The molecule has 5 aromatic rings. The Morgan fingerprint density at radius 2 is 1.71 bits per heavy atom. The third-order valence-corrected chi connectivity index (χ3v) is 6.95. The zero-order chi connectivity index (χ0) is 27.3. The van der Waals surface area contributed by atoms with E-state index in [9.17, 15) is 23.9 Å². The Morgan fingerprint density at radius 3 is 2.39 bits per heavy atom. The normalized spacial score (nSPS) is 12.1. The summed E-state index contributed by atoms with van der Waals surface area (Å²) in [6, 6.07) is 15.3. The van der Waals surface area contributed by atoms with Gasteiger partial charge in [0.1, 0.15) is 11.5 Å². The van der Waals surface area contributed by atoms with Crippen LogP contribution in [0, 0.1) is 19.7 Å². The predicted molar refractivity (Wildman–Crippen MR) is 143 cm³/mol. The molecule has 0 spiro atoms. The molecule has 3 aromatic carbocycles. The highest BCUT2D eigenvalue weighted by Gasteiger charge is 2.33. The zero-order valence-corrected chi connectivity index (χ0v) is 20.9. The van der Waals surface area contributed by atoms with Gasteiger partial charge in [0, 0.05) is 40.2 Å². The predicted octanol–water partition coefficient (Wildman–Crippen LogP) is 4.75. The Bertz CT molecular complexity index is 1780. The van der Waals surface area contributed by atoms with Gasteiger partial charge in [-0.1, -0.05) is 30.3 Å². The van der Waals surface area contributed by atoms with Crippen LogP contribution in [-0.2, 0) is 4.79 Å². The largest absolute Gasteiger partial charge is 0.477 e. The summed E-state index contributed by atoms with van der Waals surface area (Å²) in [5, 5.41) is 13.7. The number of carboxylic acids is 1. The highest BCUT2D eigenvalue weighted by molar-refractivity contribution is 6.06. The van der Waals surface area contributed by atoms with Gasteiger partial charge in [-0.15, -0.1) is 0 Å². The summed E-state index contributed by atoms with van der Waals surface area (Å²) in [6.07, 6.45) is 0. The molecule has 0 fully saturated rings. The molecule has 6 N–H and O–H groups in total. The van der Waals surface area contributed by atoms with Crippen LogP contribution in [-0.4, -0.2) is 39.9 Å². The first-order valence-corrected chi connectivity index (χ1v) is 11.9. The Labute approximate surface area is 216 Å². The number of H-pyrrole nitrogens is 2. The molecule has 2 amide bonds. The standard InChI is InChI=1S/C29H25FN4O4/c1-13-7-10-19(30)25-21(13)22(14(2)33-25)24(27(31)35)23-18-9-8-16(12-20(18)34-26(23)29(37)38)15-5-4-6-17(11-15)28(36)32-3/h4-12,24,33-34H,1-3H3,(H2,31,35)(H,32,36)(H,37,38). The number of nitrogens with two attached hydrogens (primary N) is 1.